The van der Waals surface area contributed by atoms with Gasteiger partial charge in [-0.2, -0.15) is 21.5 Å². The minimum Gasteiger partial charge on any atom is -0.691 e. The van der Waals surface area contributed by atoms with Crippen LogP contribution in [0.3, 0.4) is 0 Å². The standard InChI is InChI=1S/C9H10F2O9S2/c1-8(17-7(12)9(10,11)21-20-19-13)4-2-3-5(16-4)6(8)18-22(3,14)15/h3-6,13H,2H2,1H3/p-1. The van der Waals surface area contributed by atoms with Crippen molar-refractivity contribution in [1.82, 2.24) is 0 Å². The molecule has 0 aromatic heterocycles. The van der Waals surface area contributed by atoms with E-state index in [1.807, 2.05) is 0 Å². The molecule has 3 saturated heterocycles. The summed E-state index contributed by atoms with van der Waals surface area (Å²) in [4.78, 5) is 11.6. The number of fused-ring (bicyclic) bond motifs is 1. The molecule has 0 aromatic carbocycles. The number of rotatable bonds is 5. The fourth-order valence-electron chi connectivity index (χ4n) is 2.94. The van der Waals surface area contributed by atoms with E-state index in [1.165, 1.54) is 6.92 Å². The van der Waals surface area contributed by atoms with Gasteiger partial charge in [-0.1, -0.05) is 0 Å². The average molecular weight is 363 g/mol. The third-order valence-electron chi connectivity index (χ3n) is 3.96. The molecule has 5 unspecified atom stereocenters. The number of ether oxygens (including phenoxy) is 2. The lowest BCUT2D eigenvalue weighted by atomic mass is 9.83. The van der Waals surface area contributed by atoms with Crippen LogP contribution in [0.25, 0.3) is 0 Å². The Morgan fingerprint density at radius 2 is 2.18 bits per heavy atom. The molecule has 0 radical (unpaired) electrons. The molecule has 0 N–H and O–H groups in total. The van der Waals surface area contributed by atoms with Crippen molar-refractivity contribution in [2.24, 2.45) is 0 Å². The number of hydrogen-bond donors (Lipinski definition) is 0. The van der Waals surface area contributed by atoms with E-state index in [1.54, 1.807) is 0 Å². The quantitative estimate of drug-likeness (QED) is 0.198. The van der Waals surface area contributed by atoms with Crippen LogP contribution in [0, 0.1) is 0 Å². The maximum Gasteiger partial charge on any atom is 0.415 e. The molecule has 5 atom stereocenters. The van der Waals surface area contributed by atoms with Gasteiger partial charge in [-0.25, -0.2) is 4.79 Å². The molecule has 13 heteroatoms. The van der Waals surface area contributed by atoms with Gasteiger partial charge in [0.25, 0.3) is 10.1 Å². The first kappa shape index (κ1) is 16.3. The van der Waals surface area contributed by atoms with E-state index in [2.05, 4.69) is 9.37 Å². The summed E-state index contributed by atoms with van der Waals surface area (Å²) in [6.07, 6.45) is -2.96. The molecule has 3 rings (SSSR count). The number of esters is 1. The van der Waals surface area contributed by atoms with Crippen molar-refractivity contribution in [1.29, 1.82) is 0 Å². The summed E-state index contributed by atoms with van der Waals surface area (Å²) in [6.45, 7) is 1.25. The highest BCUT2D eigenvalue weighted by Gasteiger charge is 2.73. The molecule has 3 heterocycles. The molecular formula is C9H9F2O9S2-. The lowest BCUT2D eigenvalue weighted by molar-refractivity contribution is -0.777. The lowest BCUT2D eigenvalue weighted by Gasteiger charge is -2.34. The smallest absolute Gasteiger partial charge is 0.415 e. The summed E-state index contributed by atoms with van der Waals surface area (Å²) in [5.74, 6) is -2.03. The molecule has 0 saturated carbocycles. The number of alkyl halides is 2. The molecule has 22 heavy (non-hydrogen) atoms. The van der Waals surface area contributed by atoms with Crippen molar-refractivity contribution in [2.75, 3.05) is 0 Å². The summed E-state index contributed by atoms with van der Waals surface area (Å²) in [5.41, 5.74) is -1.69. The molecule has 2 bridgehead atoms. The molecule has 3 aliphatic heterocycles. The highest BCUT2D eigenvalue weighted by Crippen LogP contribution is 2.53. The van der Waals surface area contributed by atoms with Crippen LogP contribution in [0.4, 0.5) is 8.78 Å². The van der Waals surface area contributed by atoms with E-state index >= 15 is 0 Å². The van der Waals surface area contributed by atoms with Crippen molar-refractivity contribution in [3.8, 4) is 0 Å². The van der Waals surface area contributed by atoms with Crippen LogP contribution in [0.5, 0.6) is 0 Å². The highest BCUT2D eigenvalue weighted by molar-refractivity contribution is 7.96. The Morgan fingerprint density at radius 3 is 2.82 bits per heavy atom. The first-order chi connectivity index (χ1) is 10.1. The fourth-order valence-corrected chi connectivity index (χ4v) is 4.85. The first-order valence-electron chi connectivity index (χ1n) is 5.95. The largest absolute Gasteiger partial charge is 0.691 e. The Kier molecular flexibility index (Phi) is 3.67. The fraction of sp³-hybridized carbons (Fsp3) is 0.889. The molecule has 0 amide bonds. The molecule has 3 fully saturated rings. The van der Waals surface area contributed by atoms with Gasteiger partial charge in [0.2, 0.25) is 0 Å². The molecule has 0 aliphatic carbocycles. The predicted molar refractivity (Wildman–Crippen MR) is 60.1 cm³/mol. The summed E-state index contributed by atoms with van der Waals surface area (Å²) in [6, 6.07) is 0. The Hall–Kier alpha value is -0.570. The van der Waals surface area contributed by atoms with Gasteiger partial charge in [-0.05, 0) is 13.3 Å². The van der Waals surface area contributed by atoms with E-state index in [4.69, 9.17) is 13.7 Å². The van der Waals surface area contributed by atoms with E-state index in [0.717, 1.165) is 0 Å². The summed E-state index contributed by atoms with van der Waals surface area (Å²) >= 11 is -0.835. The SMILES string of the molecule is CC1(OC(=O)C(F)(F)SOO[O-])C2CC3C(O2)C1OS3(=O)=O. The molecule has 9 nitrogen and oxygen atoms in total. The normalized spacial score (nSPS) is 41.8. The van der Waals surface area contributed by atoms with E-state index < -0.39 is 62.5 Å². The molecule has 0 spiro atoms. The van der Waals surface area contributed by atoms with E-state index in [0.29, 0.717) is 0 Å². The van der Waals surface area contributed by atoms with Gasteiger partial charge in [0, 0.05) is 0 Å². The zero-order chi connectivity index (χ0) is 16.3. The monoisotopic (exact) mass is 363 g/mol. The second-order valence-corrected chi connectivity index (χ2v) is 7.78. The topological polar surface area (TPSA) is 120 Å². The molecule has 0 aromatic rings. The Morgan fingerprint density at radius 1 is 1.50 bits per heavy atom. The number of halogens is 2. The molecule has 3 aliphatic rings. The first-order valence-corrected chi connectivity index (χ1v) is 8.16. The summed E-state index contributed by atoms with van der Waals surface area (Å²) in [5, 5.41) is 7.18. The minimum absolute atomic E-state index is 0.0217. The van der Waals surface area contributed by atoms with Gasteiger partial charge < -0.3 is 14.7 Å². The Labute approximate surface area is 127 Å². The molecular weight excluding hydrogens is 354 g/mol. The Balaban J connectivity index is 1.77. The third-order valence-corrected chi connectivity index (χ3v) is 6.14. The second kappa shape index (κ2) is 4.96. The minimum atomic E-state index is -4.23. The average Bonchev–Trinajstić information content (AvgIpc) is 3.01. The van der Waals surface area contributed by atoms with Gasteiger partial charge in [0.1, 0.15) is 35.6 Å². The number of carbonyl (C=O) groups is 1. The van der Waals surface area contributed by atoms with Crippen LogP contribution < -0.4 is 5.26 Å². The van der Waals surface area contributed by atoms with E-state index in [-0.39, 0.29) is 6.42 Å². The summed E-state index contributed by atoms with van der Waals surface area (Å²) in [7, 11) is -3.88. The van der Waals surface area contributed by atoms with Crippen molar-refractivity contribution in [2.45, 2.75) is 47.8 Å². The van der Waals surface area contributed by atoms with Crippen LogP contribution in [-0.2, 0) is 37.9 Å². The van der Waals surface area contributed by atoms with Crippen molar-refractivity contribution < 1.29 is 50.3 Å². The maximum absolute atomic E-state index is 13.4. The van der Waals surface area contributed by atoms with E-state index in [9.17, 15) is 27.3 Å². The van der Waals surface area contributed by atoms with Gasteiger partial charge >= 0.3 is 11.2 Å². The van der Waals surface area contributed by atoms with Gasteiger partial charge in [-0.3, -0.25) is 9.22 Å². The van der Waals surface area contributed by atoms with Crippen LogP contribution in [0.2, 0.25) is 0 Å². The number of carbonyl (C=O) groups excluding carboxylic acids is 1. The summed E-state index contributed by atoms with van der Waals surface area (Å²) < 4.78 is 68.7. The van der Waals surface area contributed by atoms with Crippen molar-refractivity contribution in [3.63, 3.8) is 0 Å². The maximum atomic E-state index is 13.4. The Bertz CT molecular complexity index is 596. The lowest BCUT2D eigenvalue weighted by Crippen LogP contribution is -2.53. The van der Waals surface area contributed by atoms with Crippen LogP contribution >= 0.6 is 12.0 Å². The second-order valence-electron chi connectivity index (χ2n) is 5.18. The predicted octanol–water partition coefficient (Wildman–Crippen LogP) is -0.979. The number of hydrogen-bond acceptors (Lipinski definition) is 10. The van der Waals surface area contributed by atoms with Crippen molar-refractivity contribution >= 4 is 28.1 Å². The molecule has 126 valence electrons. The zero-order valence-corrected chi connectivity index (χ0v) is 12.4. The van der Waals surface area contributed by atoms with Gasteiger partial charge in [-0.15, -0.1) is 0 Å². The van der Waals surface area contributed by atoms with Crippen molar-refractivity contribution in [3.05, 3.63) is 0 Å². The van der Waals surface area contributed by atoms with Crippen LogP contribution in [0.1, 0.15) is 13.3 Å². The zero-order valence-electron chi connectivity index (χ0n) is 10.8. The van der Waals surface area contributed by atoms with Crippen LogP contribution in [-0.4, -0.2) is 48.8 Å². The van der Waals surface area contributed by atoms with Gasteiger partial charge in [0.15, 0.2) is 5.60 Å². The van der Waals surface area contributed by atoms with Crippen LogP contribution in [0.15, 0.2) is 0 Å². The van der Waals surface area contributed by atoms with Gasteiger partial charge in [0.05, 0.1) is 0 Å². The third kappa shape index (κ3) is 2.23. The highest BCUT2D eigenvalue weighted by atomic mass is 32.2.